The van der Waals surface area contributed by atoms with Crippen LogP contribution in [-0.4, -0.2) is 36.2 Å². The van der Waals surface area contributed by atoms with Crippen molar-refractivity contribution in [2.45, 2.75) is 44.8 Å². The van der Waals surface area contributed by atoms with E-state index in [1.54, 1.807) is 38.3 Å². The van der Waals surface area contributed by atoms with Gasteiger partial charge in [0, 0.05) is 6.04 Å². The van der Waals surface area contributed by atoms with E-state index in [0.717, 1.165) is 5.75 Å². The SMILES string of the molecule is COc1ccc(OC(C)C(=O)NC2CCC(C(=O)O)CC2)cc1. The van der Waals surface area contributed by atoms with Crippen molar-refractivity contribution in [1.82, 2.24) is 5.32 Å². The number of aliphatic carboxylic acids is 1. The lowest BCUT2D eigenvalue weighted by Gasteiger charge is -2.27. The third kappa shape index (κ3) is 4.87. The van der Waals surface area contributed by atoms with E-state index in [9.17, 15) is 9.59 Å². The number of rotatable bonds is 6. The molecule has 1 fully saturated rings. The Morgan fingerprint density at radius 3 is 2.22 bits per heavy atom. The Hall–Kier alpha value is -2.24. The van der Waals surface area contributed by atoms with Gasteiger partial charge in [-0.1, -0.05) is 0 Å². The zero-order chi connectivity index (χ0) is 16.8. The van der Waals surface area contributed by atoms with Gasteiger partial charge in [0.05, 0.1) is 13.0 Å². The van der Waals surface area contributed by atoms with Crippen molar-refractivity contribution in [1.29, 1.82) is 0 Å². The maximum absolute atomic E-state index is 12.2. The molecule has 0 aromatic heterocycles. The Labute approximate surface area is 135 Å². The molecular weight excluding hydrogens is 298 g/mol. The molecule has 1 aromatic rings. The van der Waals surface area contributed by atoms with E-state index in [2.05, 4.69) is 5.32 Å². The Bertz CT molecular complexity index is 534. The first-order valence-corrected chi connectivity index (χ1v) is 7.83. The van der Waals surface area contributed by atoms with Crippen LogP contribution >= 0.6 is 0 Å². The molecule has 1 saturated carbocycles. The number of hydrogen-bond donors (Lipinski definition) is 2. The maximum atomic E-state index is 12.2. The van der Waals surface area contributed by atoms with Gasteiger partial charge in [0.15, 0.2) is 6.10 Å². The Balaban J connectivity index is 1.79. The van der Waals surface area contributed by atoms with E-state index < -0.39 is 12.1 Å². The van der Waals surface area contributed by atoms with Crippen LogP contribution in [0.25, 0.3) is 0 Å². The van der Waals surface area contributed by atoms with Crippen LogP contribution in [0.15, 0.2) is 24.3 Å². The van der Waals surface area contributed by atoms with Crippen LogP contribution in [0.5, 0.6) is 11.5 Å². The molecular formula is C17H23NO5. The molecule has 6 nitrogen and oxygen atoms in total. The molecule has 1 unspecified atom stereocenters. The smallest absolute Gasteiger partial charge is 0.306 e. The average molecular weight is 321 g/mol. The molecule has 0 aliphatic heterocycles. The minimum atomic E-state index is -0.744. The molecule has 0 bridgehead atoms. The summed E-state index contributed by atoms with van der Waals surface area (Å²) in [4.78, 5) is 23.1. The molecule has 2 rings (SSSR count). The van der Waals surface area contributed by atoms with Crippen molar-refractivity contribution >= 4 is 11.9 Å². The Kier molecular flexibility index (Phi) is 5.84. The number of carbonyl (C=O) groups is 2. The number of carboxylic acids is 1. The molecule has 0 radical (unpaired) electrons. The molecule has 1 aliphatic carbocycles. The van der Waals surface area contributed by atoms with Crippen LogP contribution in [0.2, 0.25) is 0 Å². The fourth-order valence-corrected chi connectivity index (χ4v) is 2.72. The van der Waals surface area contributed by atoms with Gasteiger partial charge in [0.2, 0.25) is 0 Å². The second kappa shape index (κ2) is 7.85. The summed E-state index contributed by atoms with van der Waals surface area (Å²) in [5.41, 5.74) is 0. The van der Waals surface area contributed by atoms with Gasteiger partial charge < -0.3 is 19.9 Å². The van der Waals surface area contributed by atoms with Gasteiger partial charge in [0.25, 0.3) is 5.91 Å². The fraction of sp³-hybridized carbons (Fsp3) is 0.529. The zero-order valence-corrected chi connectivity index (χ0v) is 13.5. The fourth-order valence-electron chi connectivity index (χ4n) is 2.72. The second-order valence-corrected chi connectivity index (χ2v) is 5.83. The number of methoxy groups -OCH3 is 1. The van der Waals surface area contributed by atoms with Gasteiger partial charge in [0.1, 0.15) is 11.5 Å². The first-order chi connectivity index (χ1) is 11.0. The predicted molar refractivity (Wildman–Crippen MR) is 84.6 cm³/mol. The molecule has 1 atom stereocenters. The van der Waals surface area contributed by atoms with Crippen LogP contribution in [0.1, 0.15) is 32.6 Å². The second-order valence-electron chi connectivity index (χ2n) is 5.83. The number of amides is 1. The van der Waals surface area contributed by atoms with Gasteiger partial charge in [-0.2, -0.15) is 0 Å². The minimum Gasteiger partial charge on any atom is -0.497 e. The lowest BCUT2D eigenvalue weighted by atomic mass is 9.86. The van der Waals surface area contributed by atoms with E-state index in [1.165, 1.54) is 0 Å². The molecule has 6 heteroatoms. The van der Waals surface area contributed by atoms with Gasteiger partial charge in [-0.05, 0) is 56.9 Å². The Morgan fingerprint density at radius 1 is 1.13 bits per heavy atom. The monoisotopic (exact) mass is 321 g/mol. The highest BCUT2D eigenvalue weighted by molar-refractivity contribution is 5.81. The van der Waals surface area contributed by atoms with Crippen molar-refractivity contribution in [3.8, 4) is 11.5 Å². The molecule has 126 valence electrons. The highest BCUT2D eigenvalue weighted by atomic mass is 16.5. The van der Waals surface area contributed by atoms with Gasteiger partial charge in [-0.25, -0.2) is 0 Å². The molecule has 1 aliphatic rings. The Morgan fingerprint density at radius 2 is 1.70 bits per heavy atom. The number of carbonyl (C=O) groups excluding carboxylic acids is 1. The zero-order valence-electron chi connectivity index (χ0n) is 13.5. The standard InChI is InChI=1S/C17H23NO5/c1-11(23-15-9-7-14(22-2)8-10-15)16(19)18-13-5-3-12(4-6-13)17(20)21/h7-13H,3-6H2,1-2H3,(H,18,19)(H,20,21). The van der Waals surface area contributed by atoms with Crippen molar-refractivity contribution in [3.05, 3.63) is 24.3 Å². The summed E-state index contributed by atoms with van der Waals surface area (Å²) in [5, 5.41) is 11.9. The first kappa shape index (κ1) is 17.1. The number of ether oxygens (including phenoxy) is 2. The molecule has 2 N–H and O–H groups in total. The van der Waals surface area contributed by atoms with E-state index in [0.29, 0.717) is 31.4 Å². The summed E-state index contributed by atoms with van der Waals surface area (Å²) in [7, 11) is 1.59. The first-order valence-electron chi connectivity index (χ1n) is 7.83. The highest BCUT2D eigenvalue weighted by Gasteiger charge is 2.28. The third-order valence-corrected chi connectivity index (χ3v) is 4.16. The molecule has 0 heterocycles. The van der Waals surface area contributed by atoms with Crippen LogP contribution in [-0.2, 0) is 9.59 Å². The van der Waals surface area contributed by atoms with E-state index >= 15 is 0 Å². The molecule has 0 spiro atoms. The predicted octanol–water partition coefficient (Wildman–Crippen LogP) is 2.22. The van der Waals surface area contributed by atoms with Crippen molar-refractivity contribution in [2.75, 3.05) is 7.11 Å². The maximum Gasteiger partial charge on any atom is 0.306 e. The van der Waals surface area contributed by atoms with Crippen LogP contribution < -0.4 is 14.8 Å². The number of benzene rings is 1. The quantitative estimate of drug-likeness (QED) is 0.839. The van der Waals surface area contributed by atoms with Gasteiger partial charge in [-0.15, -0.1) is 0 Å². The lowest BCUT2D eigenvalue weighted by Crippen LogP contribution is -2.44. The number of nitrogens with one attached hydrogen (secondary N) is 1. The average Bonchev–Trinajstić information content (AvgIpc) is 2.56. The van der Waals surface area contributed by atoms with Crippen LogP contribution in [0, 0.1) is 5.92 Å². The normalized spacial score (nSPS) is 22.0. The largest absolute Gasteiger partial charge is 0.497 e. The van der Waals surface area contributed by atoms with Crippen LogP contribution in [0.3, 0.4) is 0 Å². The summed E-state index contributed by atoms with van der Waals surface area (Å²) in [6, 6.07) is 7.07. The lowest BCUT2D eigenvalue weighted by molar-refractivity contribution is -0.142. The summed E-state index contributed by atoms with van der Waals surface area (Å²) < 4.78 is 10.7. The molecule has 23 heavy (non-hydrogen) atoms. The van der Waals surface area contributed by atoms with E-state index in [1.807, 2.05) is 0 Å². The summed E-state index contributed by atoms with van der Waals surface area (Å²) in [5.74, 6) is 0.120. The van der Waals surface area contributed by atoms with E-state index in [-0.39, 0.29) is 17.9 Å². The third-order valence-electron chi connectivity index (χ3n) is 4.16. The van der Waals surface area contributed by atoms with Crippen molar-refractivity contribution < 1.29 is 24.2 Å². The molecule has 0 saturated heterocycles. The number of hydrogen-bond acceptors (Lipinski definition) is 4. The minimum absolute atomic E-state index is 0.0278. The van der Waals surface area contributed by atoms with Gasteiger partial charge >= 0.3 is 5.97 Å². The summed E-state index contributed by atoms with van der Waals surface area (Å²) >= 11 is 0. The highest BCUT2D eigenvalue weighted by Crippen LogP contribution is 2.24. The topological polar surface area (TPSA) is 84.9 Å². The summed E-state index contributed by atoms with van der Waals surface area (Å²) in [6.07, 6.45) is 1.98. The molecule has 1 aromatic carbocycles. The molecule has 1 amide bonds. The van der Waals surface area contributed by atoms with Crippen molar-refractivity contribution in [2.24, 2.45) is 5.92 Å². The van der Waals surface area contributed by atoms with Gasteiger partial charge in [-0.3, -0.25) is 9.59 Å². The number of carboxylic acid groups (broad SMARTS) is 1. The van der Waals surface area contributed by atoms with Crippen molar-refractivity contribution in [3.63, 3.8) is 0 Å². The summed E-state index contributed by atoms with van der Waals surface area (Å²) in [6.45, 7) is 1.70. The van der Waals surface area contributed by atoms with Crippen LogP contribution in [0.4, 0.5) is 0 Å². The van der Waals surface area contributed by atoms with E-state index in [4.69, 9.17) is 14.6 Å².